The summed E-state index contributed by atoms with van der Waals surface area (Å²) in [5.41, 5.74) is 4.76. The van der Waals surface area contributed by atoms with E-state index in [1.165, 1.54) is 24.6 Å². The topological polar surface area (TPSA) is 44.7 Å². The molecule has 1 saturated heterocycles. The van der Waals surface area contributed by atoms with Gasteiger partial charge in [-0.3, -0.25) is 0 Å². The summed E-state index contributed by atoms with van der Waals surface area (Å²) >= 11 is 1.90. The molecule has 23 heavy (non-hydrogen) atoms. The van der Waals surface area contributed by atoms with Crippen molar-refractivity contribution in [2.75, 3.05) is 19.0 Å². The number of benzene rings is 1. The van der Waals surface area contributed by atoms with Gasteiger partial charge in [0, 0.05) is 19.8 Å². The molecule has 1 unspecified atom stereocenters. The van der Waals surface area contributed by atoms with Crippen LogP contribution in [0.25, 0.3) is 0 Å². The fourth-order valence-corrected chi connectivity index (χ4v) is 11.8. The maximum absolute atomic E-state index is 11.7. The molecular formula is C17H25N3OSe2. The van der Waals surface area contributed by atoms with E-state index in [2.05, 4.69) is 15.4 Å². The Hall–Kier alpha value is -0.801. The second-order valence-electron chi connectivity index (χ2n) is 5.85. The van der Waals surface area contributed by atoms with Crippen LogP contribution in [0.15, 0.2) is 29.4 Å². The van der Waals surface area contributed by atoms with E-state index in [1.54, 1.807) is 6.21 Å². The number of nitrogens with one attached hydrogen (secondary N) is 1. The Morgan fingerprint density at radius 3 is 2.78 bits per heavy atom. The summed E-state index contributed by atoms with van der Waals surface area (Å²) < 4.78 is 0. The molecule has 6 heteroatoms. The van der Waals surface area contributed by atoms with Gasteiger partial charge in [-0.05, 0) is 0 Å². The SMILES string of the molecule is CN(C)c1ccc(/C=N/NC(=O)CCCCC2CC[Se][Se]2)cc1. The van der Waals surface area contributed by atoms with Crippen molar-refractivity contribution in [1.29, 1.82) is 0 Å². The van der Waals surface area contributed by atoms with Gasteiger partial charge in [-0.25, -0.2) is 0 Å². The van der Waals surface area contributed by atoms with Crippen molar-refractivity contribution in [1.82, 2.24) is 5.43 Å². The number of unbranched alkanes of at least 4 members (excludes halogenated alkanes) is 1. The van der Waals surface area contributed by atoms with Gasteiger partial charge in [0.25, 0.3) is 0 Å². The van der Waals surface area contributed by atoms with Crippen molar-refractivity contribution in [2.24, 2.45) is 5.10 Å². The molecule has 1 N–H and O–H groups in total. The summed E-state index contributed by atoms with van der Waals surface area (Å²) in [6.45, 7) is 0. The van der Waals surface area contributed by atoms with Crippen LogP contribution < -0.4 is 10.3 Å². The number of amides is 1. The molecule has 4 nitrogen and oxygen atoms in total. The van der Waals surface area contributed by atoms with Crippen molar-refractivity contribution in [2.45, 2.75) is 42.2 Å². The molecule has 0 aromatic heterocycles. The first-order valence-corrected chi connectivity index (χ1v) is 14.6. The van der Waals surface area contributed by atoms with Crippen LogP contribution in [-0.4, -0.2) is 52.5 Å². The molecule has 1 aromatic rings. The van der Waals surface area contributed by atoms with Gasteiger partial charge in [0.05, 0.1) is 0 Å². The summed E-state index contributed by atoms with van der Waals surface area (Å²) in [6, 6.07) is 8.07. The average Bonchev–Trinajstić information content (AvgIpc) is 3.05. The molecule has 1 aliphatic heterocycles. The number of hydrazone groups is 1. The standard InChI is InChI=1S/C17H25N3OSe2/c1-20(2)15-9-7-14(8-10-15)13-18-19-17(21)6-4-3-5-16-11-12-22-23-16/h7-10,13,16H,3-6,11-12H2,1-2H3,(H,19,21)/b18-13+. The van der Waals surface area contributed by atoms with Gasteiger partial charge in [0.15, 0.2) is 0 Å². The predicted octanol–water partition coefficient (Wildman–Crippen LogP) is 2.70. The van der Waals surface area contributed by atoms with E-state index in [9.17, 15) is 4.79 Å². The molecule has 0 bridgehead atoms. The third-order valence-electron chi connectivity index (χ3n) is 3.72. The fourth-order valence-electron chi connectivity index (χ4n) is 2.32. The molecule has 1 atom stereocenters. The zero-order valence-electron chi connectivity index (χ0n) is 13.8. The number of rotatable bonds is 8. The Bertz CT molecular complexity index is 511. The van der Waals surface area contributed by atoms with Gasteiger partial charge in [0.2, 0.25) is 0 Å². The van der Waals surface area contributed by atoms with Gasteiger partial charge in [-0.2, -0.15) is 0 Å². The van der Waals surface area contributed by atoms with Crippen LogP contribution in [0, 0.1) is 0 Å². The van der Waals surface area contributed by atoms with Crippen molar-refractivity contribution in [3.8, 4) is 0 Å². The Morgan fingerprint density at radius 2 is 2.13 bits per heavy atom. The molecule has 0 saturated carbocycles. The van der Waals surface area contributed by atoms with Crippen molar-refractivity contribution >= 4 is 44.1 Å². The molecular weight excluding hydrogens is 420 g/mol. The normalized spacial score (nSPS) is 17.6. The van der Waals surface area contributed by atoms with Crippen LogP contribution in [-0.2, 0) is 4.79 Å². The summed E-state index contributed by atoms with van der Waals surface area (Å²) in [5.74, 6) is 0.0207. The molecule has 2 rings (SSSR count). The molecule has 1 aliphatic rings. The van der Waals surface area contributed by atoms with Crippen LogP contribution in [0.4, 0.5) is 5.69 Å². The van der Waals surface area contributed by atoms with Crippen molar-refractivity contribution < 1.29 is 4.79 Å². The Kier molecular flexibility index (Phi) is 8.18. The van der Waals surface area contributed by atoms with E-state index in [4.69, 9.17) is 0 Å². The second-order valence-corrected chi connectivity index (χ2v) is 13.7. The Labute approximate surface area is 150 Å². The molecule has 0 aliphatic carbocycles. The summed E-state index contributed by atoms with van der Waals surface area (Å²) in [4.78, 5) is 14.8. The van der Waals surface area contributed by atoms with E-state index in [-0.39, 0.29) is 5.91 Å². The van der Waals surface area contributed by atoms with Crippen molar-refractivity contribution in [3.63, 3.8) is 0 Å². The molecule has 0 spiro atoms. The van der Waals surface area contributed by atoms with Crippen LogP contribution in [0.2, 0.25) is 10.1 Å². The number of anilines is 1. The fraction of sp³-hybridized carbons (Fsp3) is 0.529. The van der Waals surface area contributed by atoms with Gasteiger partial charge in [-0.1, -0.05) is 0 Å². The van der Waals surface area contributed by atoms with E-state index >= 15 is 0 Å². The van der Waals surface area contributed by atoms with Gasteiger partial charge in [-0.15, -0.1) is 0 Å². The molecule has 1 fully saturated rings. The van der Waals surface area contributed by atoms with Crippen LogP contribution in [0.1, 0.15) is 37.7 Å². The Balaban J connectivity index is 1.61. The first kappa shape index (κ1) is 18.5. The molecule has 1 amide bonds. The Morgan fingerprint density at radius 1 is 1.35 bits per heavy atom. The zero-order chi connectivity index (χ0) is 16.5. The van der Waals surface area contributed by atoms with Crippen LogP contribution >= 0.6 is 0 Å². The zero-order valence-corrected chi connectivity index (χ0v) is 17.3. The minimum atomic E-state index is 0.0207. The van der Waals surface area contributed by atoms with E-state index in [0.717, 1.165) is 48.8 Å². The van der Waals surface area contributed by atoms with E-state index in [0.29, 0.717) is 6.42 Å². The summed E-state index contributed by atoms with van der Waals surface area (Å²) in [5, 5.41) is 5.53. The molecule has 0 radical (unpaired) electrons. The molecule has 1 heterocycles. The first-order valence-electron chi connectivity index (χ1n) is 8.03. The maximum atomic E-state index is 11.7. The number of carbonyl (C=O) groups excluding carboxylic acids is 1. The number of hydrogen-bond donors (Lipinski definition) is 1. The number of nitrogens with zero attached hydrogens (tertiary/aromatic N) is 2. The number of carbonyl (C=O) groups is 1. The first-order chi connectivity index (χ1) is 11.1. The van der Waals surface area contributed by atoms with Gasteiger partial charge < -0.3 is 4.90 Å². The van der Waals surface area contributed by atoms with Crippen LogP contribution in [0.3, 0.4) is 0 Å². The summed E-state index contributed by atoms with van der Waals surface area (Å²) in [7, 11) is 4.02. The van der Waals surface area contributed by atoms with E-state index in [1.807, 2.05) is 38.4 Å². The van der Waals surface area contributed by atoms with Crippen LogP contribution in [0.5, 0.6) is 0 Å². The van der Waals surface area contributed by atoms with Crippen molar-refractivity contribution in [3.05, 3.63) is 29.8 Å². The third kappa shape index (κ3) is 7.09. The number of hydrogen-bond acceptors (Lipinski definition) is 3. The quantitative estimate of drug-likeness (QED) is 0.290. The molecule has 126 valence electrons. The summed E-state index contributed by atoms with van der Waals surface area (Å²) in [6.07, 6.45) is 7.23. The molecule has 1 aromatic carbocycles. The van der Waals surface area contributed by atoms with E-state index < -0.39 is 0 Å². The van der Waals surface area contributed by atoms with Gasteiger partial charge in [0.1, 0.15) is 0 Å². The second kappa shape index (κ2) is 10.1. The third-order valence-corrected chi connectivity index (χ3v) is 12.7. The van der Waals surface area contributed by atoms with Gasteiger partial charge >= 0.3 is 126 Å². The average molecular weight is 445 g/mol. The minimum absolute atomic E-state index is 0.0207. The monoisotopic (exact) mass is 447 g/mol. The predicted molar refractivity (Wildman–Crippen MR) is 99.7 cm³/mol.